The molecule has 0 aliphatic carbocycles. The molecular weight excluding hydrogens is 416 g/mol. The van der Waals surface area contributed by atoms with Crippen LogP contribution >= 0.6 is 0 Å². The zero-order chi connectivity index (χ0) is 22.9. The van der Waals surface area contributed by atoms with E-state index in [-0.39, 0.29) is 0 Å². The first-order valence-electron chi connectivity index (χ1n) is 9.68. The molecule has 2 N–H and O–H groups in total. The van der Waals surface area contributed by atoms with Gasteiger partial charge >= 0.3 is 5.97 Å². The number of hydrogen-bond donors (Lipinski definition) is 2. The van der Waals surface area contributed by atoms with E-state index in [2.05, 4.69) is 10.6 Å². The molecule has 9 nitrogen and oxygen atoms in total. The average Bonchev–Trinajstić information content (AvgIpc) is 3.34. The highest BCUT2D eigenvalue weighted by molar-refractivity contribution is 5.98. The van der Waals surface area contributed by atoms with Gasteiger partial charge < -0.3 is 34.0 Å². The number of rotatable bonds is 10. The van der Waals surface area contributed by atoms with E-state index in [0.29, 0.717) is 40.7 Å². The normalized spacial score (nSPS) is 10.2. The smallest absolute Gasteiger partial charge is 0.340 e. The summed E-state index contributed by atoms with van der Waals surface area (Å²) in [5, 5.41) is 5.77. The summed E-state index contributed by atoms with van der Waals surface area (Å²) in [5.41, 5.74) is 1.28. The van der Waals surface area contributed by atoms with Crippen LogP contribution in [-0.2, 0) is 16.1 Å². The van der Waals surface area contributed by atoms with Gasteiger partial charge in [-0.15, -0.1) is 0 Å². The Morgan fingerprint density at radius 3 is 2.28 bits per heavy atom. The first-order valence-corrected chi connectivity index (χ1v) is 9.68. The fourth-order valence-corrected chi connectivity index (χ4v) is 2.97. The molecule has 1 amide bonds. The van der Waals surface area contributed by atoms with E-state index in [0.717, 1.165) is 5.76 Å². The first kappa shape index (κ1) is 22.5. The zero-order valence-corrected chi connectivity index (χ0v) is 18.0. The summed E-state index contributed by atoms with van der Waals surface area (Å²) < 4.78 is 26.3. The van der Waals surface area contributed by atoms with Gasteiger partial charge in [-0.05, 0) is 24.3 Å². The van der Waals surface area contributed by atoms with Gasteiger partial charge in [0.25, 0.3) is 5.91 Å². The number of carbonyl (C=O) groups excluding carboxylic acids is 2. The molecule has 168 valence electrons. The van der Waals surface area contributed by atoms with Crippen molar-refractivity contribution in [3.63, 3.8) is 0 Å². The maximum Gasteiger partial charge on any atom is 0.340 e. The van der Waals surface area contributed by atoms with Crippen LogP contribution in [0.2, 0.25) is 0 Å². The molecule has 0 radical (unpaired) electrons. The van der Waals surface area contributed by atoms with Gasteiger partial charge in [0.2, 0.25) is 5.75 Å². The molecule has 2 aromatic carbocycles. The van der Waals surface area contributed by atoms with Crippen molar-refractivity contribution in [3.05, 3.63) is 66.1 Å². The number of nitrogens with one attached hydrogen (secondary N) is 2. The summed E-state index contributed by atoms with van der Waals surface area (Å²) in [6.07, 6.45) is 1.57. The molecule has 0 saturated heterocycles. The summed E-state index contributed by atoms with van der Waals surface area (Å²) in [4.78, 5) is 24.9. The summed E-state index contributed by atoms with van der Waals surface area (Å²) in [7, 11) is 4.43. The first-order chi connectivity index (χ1) is 15.5. The lowest BCUT2D eigenvalue weighted by molar-refractivity contribution is -0.119. The lowest BCUT2D eigenvalue weighted by Gasteiger charge is -2.15. The van der Waals surface area contributed by atoms with Gasteiger partial charge in [-0.25, -0.2) is 4.79 Å². The van der Waals surface area contributed by atoms with E-state index in [9.17, 15) is 9.59 Å². The van der Waals surface area contributed by atoms with Crippen LogP contribution in [0, 0.1) is 0 Å². The van der Waals surface area contributed by atoms with Crippen molar-refractivity contribution in [2.75, 3.05) is 38.6 Å². The number of ether oxygens (including phenoxy) is 4. The number of furan rings is 1. The number of anilines is 2. The third-order valence-electron chi connectivity index (χ3n) is 4.46. The molecule has 0 saturated carbocycles. The van der Waals surface area contributed by atoms with Crippen LogP contribution in [0.3, 0.4) is 0 Å². The molecule has 1 aromatic heterocycles. The van der Waals surface area contributed by atoms with Crippen LogP contribution in [0.1, 0.15) is 16.1 Å². The molecule has 0 atom stereocenters. The molecule has 0 unspecified atom stereocenters. The van der Waals surface area contributed by atoms with Gasteiger partial charge in [0.05, 0.1) is 39.7 Å². The third-order valence-corrected chi connectivity index (χ3v) is 4.46. The molecule has 0 spiro atoms. The Morgan fingerprint density at radius 2 is 1.66 bits per heavy atom. The Balaban J connectivity index is 1.61. The molecular formula is C23H24N2O7. The molecule has 1 heterocycles. The second kappa shape index (κ2) is 10.8. The highest BCUT2D eigenvalue weighted by Crippen LogP contribution is 2.39. The van der Waals surface area contributed by atoms with Gasteiger partial charge in [0.15, 0.2) is 18.1 Å². The standard InChI is InChI=1S/C23H24N2O7/c1-28-19-11-15(12-20(29-2)22(19)30-3)25-21(26)14-32-23(27)17-8-4-5-9-18(17)24-13-16-7-6-10-31-16/h4-12,24H,13-14H2,1-3H3,(H,25,26). The topological polar surface area (TPSA) is 108 Å². The maximum atomic E-state index is 12.5. The van der Waals surface area contributed by atoms with E-state index in [4.69, 9.17) is 23.4 Å². The molecule has 0 fully saturated rings. The molecule has 0 bridgehead atoms. The predicted molar refractivity (Wildman–Crippen MR) is 117 cm³/mol. The fraction of sp³-hybridized carbons (Fsp3) is 0.217. The molecule has 32 heavy (non-hydrogen) atoms. The van der Waals surface area contributed by atoms with Crippen LogP contribution in [0.4, 0.5) is 11.4 Å². The number of carbonyl (C=O) groups is 2. The van der Waals surface area contributed by atoms with Gasteiger partial charge in [0, 0.05) is 23.5 Å². The Morgan fingerprint density at radius 1 is 0.938 bits per heavy atom. The van der Waals surface area contributed by atoms with Crippen LogP contribution in [0.15, 0.2) is 59.2 Å². The van der Waals surface area contributed by atoms with Crippen molar-refractivity contribution < 1.29 is 33.0 Å². The van der Waals surface area contributed by atoms with Crippen LogP contribution in [0.5, 0.6) is 17.2 Å². The molecule has 9 heteroatoms. The van der Waals surface area contributed by atoms with E-state index in [1.807, 2.05) is 6.07 Å². The van der Waals surface area contributed by atoms with Crippen LogP contribution < -0.4 is 24.8 Å². The fourth-order valence-electron chi connectivity index (χ4n) is 2.97. The summed E-state index contributed by atoms with van der Waals surface area (Å²) in [6, 6.07) is 13.6. The minimum absolute atomic E-state index is 0.305. The second-order valence-electron chi connectivity index (χ2n) is 6.52. The van der Waals surface area contributed by atoms with Crippen molar-refractivity contribution in [3.8, 4) is 17.2 Å². The number of esters is 1. The largest absolute Gasteiger partial charge is 0.493 e. The predicted octanol–water partition coefficient (Wildman–Crippen LogP) is 3.71. The van der Waals surface area contributed by atoms with E-state index in [1.165, 1.54) is 21.3 Å². The number of hydrogen-bond acceptors (Lipinski definition) is 8. The lowest BCUT2D eigenvalue weighted by atomic mass is 10.2. The highest BCUT2D eigenvalue weighted by Gasteiger charge is 2.17. The SMILES string of the molecule is COc1cc(NC(=O)COC(=O)c2ccccc2NCc2ccco2)cc(OC)c1OC. The average molecular weight is 440 g/mol. The van der Waals surface area contributed by atoms with E-state index >= 15 is 0 Å². The molecule has 3 aromatic rings. The second-order valence-corrected chi connectivity index (χ2v) is 6.52. The van der Waals surface area contributed by atoms with Crippen molar-refractivity contribution >= 4 is 23.3 Å². The summed E-state index contributed by atoms with van der Waals surface area (Å²) >= 11 is 0. The van der Waals surface area contributed by atoms with Gasteiger partial charge in [-0.3, -0.25) is 4.79 Å². The monoisotopic (exact) mass is 440 g/mol. The lowest BCUT2D eigenvalue weighted by Crippen LogP contribution is -2.21. The Kier molecular flexibility index (Phi) is 7.58. The van der Waals surface area contributed by atoms with Gasteiger partial charge in [0.1, 0.15) is 5.76 Å². The molecule has 0 aliphatic rings. The Hall–Kier alpha value is -4.14. The third kappa shape index (κ3) is 5.51. The van der Waals surface area contributed by atoms with Gasteiger partial charge in [-0.2, -0.15) is 0 Å². The quantitative estimate of drug-likeness (QED) is 0.460. The number of methoxy groups -OCH3 is 3. The van der Waals surface area contributed by atoms with Crippen LogP contribution in [0.25, 0.3) is 0 Å². The minimum Gasteiger partial charge on any atom is -0.493 e. The molecule has 0 aliphatic heterocycles. The zero-order valence-electron chi connectivity index (χ0n) is 18.0. The molecule has 3 rings (SSSR count). The van der Waals surface area contributed by atoms with Crippen LogP contribution in [-0.4, -0.2) is 39.8 Å². The minimum atomic E-state index is -0.632. The van der Waals surface area contributed by atoms with E-state index in [1.54, 1.807) is 48.7 Å². The highest BCUT2D eigenvalue weighted by atomic mass is 16.5. The Bertz CT molecular complexity index is 1040. The number of amides is 1. The summed E-state index contributed by atoms with van der Waals surface area (Å²) in [5.74, 6) is 0.739. The van der Waals surface area contributed by atoms with Crippen molar-refractivity contribution in [1.82, 2.24) is 0 Å². The Labute approximate surface area is 185 Å². The van der Waals surface area contributed by atoms with E-state index < -0.39 is 18.5 Å². The number of para-hydroxylation sites is 1. The number of benzene rings is 2. The maximum absolute atomic E-state index is 12.5. The van der Waals surface area contributed by atoms with Crippen molar-refractivity contribution in [1.29, 1.82) is 0 Å². The summed E-state index contributed by atoms with van der Waals surface area (Å²) in [6.45, 7) is -0.0685. The van der Waals surface area contributed by atoms with Gasteiger partial charge in [-0.1, -0.05) is 12.1 Å². The van der Waals surface area contributed by atoms with Crippen molar-refractivity contribution in [2.45, 2.75) is 6.54 Å². The van der Waals surface area contributed by atoms with Crippen molar-refractivity contribution in [2.24, 2.45) is 0 Å².